The molecular formula is C14H22N2O2. The molecule has 1 aliphatic rings. The molecule has 0 spiro atoms. The topological polar surface area (TPSA) is 45.6 Å². The second-order valence-corrected chi connectivity index (χ2v) is 5.01. The fourth-order valence-electron chi connectivity index (χ4n) is 2.40. The van der Waals surface area contributed by atoms with E-state index in [2.05, 4.69) is 9.88 Å². The molecule has 0 saturated carbocycles. The molecule has 0 bridgehead atoms. The van der Waals surface area contributed by atoms with Crippen molar-refractivity contribution in [2.75, 3.05) is 31.7 Å². The van der Waals surface area contributed by atoms with Crippen molar-refractivity contribution >= 4 is 5.82 Å². The van der Waals surface area contributed by atoms with E-state index in [9.17, 15) is 5.11 Å². The third-order valence-electron chi connectivity index (χ3n) is 3.59. The molecule has 0 amide bonds. The lowest BCUT2D eigenvalue weighted by molar-refractivity contribution is 0.139. The third kappa shape index (κ3) is 3.21. The summed E-state index contributed by atoms with van der Waals surface area (Å²) in [6.07, 6.45) is 3.64. The van der Waals surface area contributed by atoms with Gasteiger partial charge in [0.05, 0.1) is 6.10 Å². The maximum atomic E-state index is 9.45. The van der Waals surface area contributed by atoms with Crippen molar-refractivity contribution in [1.29, 1.82) is 0 Å². The summed E-state index contributed by atoms with van der Waals surface area (Å²) in [5.41, 5.74) is 0.869. The number of ether oxygens (including phenoxy) is 1. The minimum absolute atomic E-state index is 0.445. The fraction of sp³-hybridized carbons (Fsp3) is 0.643. The molecule has 1 aliphatic heterocycles. The molecule has 2 rings (SSSR count). The first kappa shape index (κ1) is 13.3. The van der Waals surface area contributed by atoms with Gasteiger partial charge in [0, 0.05) is 33.0 Å². The summed E-state index contributed by atoms with van der Waals surface area (Å²) in [7, 11) is 1.77. The standard InChI is InChI=1S/C14H22N2O2/c1-11(17)13-3-4-14(15-9-13)16-7-5-12(6-8-16)10-18-2/h3-4,9,11-12,17H,5-8,10H2,1-2H3. The van der Waals surface area contributed by atoms with E-state index in [1.165, 1.54) is 0 Å². The van der Waals surface area contributed by atoms with Gasteiger partial charge in [-0.3, -0.25) is 0 Å². The minimum Gasteiger partial charge on any atom is -0.389 e. The van der Waals surface area contributed by atoms with Crippen molar-refractivity contribution in [3.63, 3.8) is 0 Å². The summed E-state index contributed by atoms with van der Waals surface area (Å²) >= 11 is 0. The highest BCUT2D eigenvalue weighted by Crippen LogP contribution is 2.22. The Morgan fingerprint density at radius 1 is 1.44 bits per heavy atom. The summed E-state index contributed by atoms with van der Waals surface area (Å²) in [6, 6.07) is 3.95. The molecule has 4 nitrogen and oxygen atoms in total. The Balaban J connectivity index is 1.93. The van der Waals surface area contributed by atoms with Crippen molar-refractivity contribution in [1.82, 2.24) is 4.98 Å². The van der Waals surface area contributed by atoms with Crippen molar-refractivity contribution < 1.29 is 9.84 Å². The number of hydrogen-bond donors (Lipinski definition) is 1. The van der Waals surface area contributed by atoms with E-state index in [0.29, 0.717) is 5.92 Å². The van der Waals surface area contributed by atoms with Gasteiger partial charge in [0.25, 0.3) is 0 Å². The van der Waals surface area contributed by atoms with Crippen molar-refractivity contribution in [2.45, 2.75) is 25.9 Å². The Morgan fingerprint density at radius 2 is 2.17 bits per heavy atom. The number of anilines is 1. The second kappa shape index (κ2) is 6.16. The Morgan fingerprint density at radius 3 is 2.67 bits per heavy atom. The van der Waals surface area contributed by atoms with Crippen molar-refractivity contribution in [2.24, 2.45) is 5.92 Å². The highest BCUT2D eigenvalue weighted by molar-refractivity contribution is 5.40. The monoisotopic (exact) mass is 250 g/mol. The Hall–Kier alpha value is -1.13. The first-order valence-corrected chi connectivity index (χ1v) is 6.58. The van der Waals surface area contributed by atoms with Crippen LogP contribution in [-0.4, -0.2) is 36.9 Å². The van der Waals surface area contributed by atoms with Crippen LogP contribution in [0.25, 0.3) is 0 Å². The molecule has 4 heteroatoms. The lowest BCUT2D eigenvalue weighted by Crippen LogP contribution is -2.35. The van der Waals surface area contributed by atoms with Crippen LogP contribution in [0.15, 0.2) is 18.3 Å². The van der Waals surface area contributed by atoms with Gasteiger partial charge in [-0.1, -0.05) is 6.07 Å². The molecule has 18 heavy (non-hydrogen) atoms. The number of methoxy groups -OCH3 is 1. The van der Waals surface area contributed by atoms with Gasteiger partial charge in [0.1, 0.15) is 5.82 Å². The average Bonchev–Trinajstić information content (AvgIpc) is 2.40. The highest BCUT2D eigenvalue weighted by Gasteiger charge is 2.19. The highest BCUT2D eigenvalue weighted by atomic mass is 16.5. The lowest BCUT2D eigenvalue weighted by atomic mass is 9.98. The fourth-order valence-corrected chi connectivity index (χ4v) is 2.40. The molecule has 0 radical (unpaired) electrons. The van der Waals surface area contributed by atoms with Crippen LogP contribution in [0.3, 0.4) is 0 Å². The maximum Gasteiger partial charge on any atom is 0.128 e. The molecule has 2 heterocycles. The zero-order valence-electron chi connectivity index (χ0n) is 11.2. The van der Waals surface area contributed by atoms with Crippen LogP contribution in [0.1, 0.15) is 31.4 Å². The van der Waals surface area contributed by atoms with Gasteiger partial charge >= 0.3 is 0 Å². The van der Waals surface area contributed by atoms with Gasteiger partial charge in [0.2, 0.25) is 0 Å². The normalized spacial score (nSPS) is 18.9. The SMILES string of the molecule is COCC1CCN(c2ccc(C(C)O)cn2)CC1. The van der Waals surface area contributed by atoms with Crippen molar-refractivity contribution in [3.05, 3.63) is 23.9 Å². The predicted molar refractivity (Wildman–Crippen MR) is 71.7 cm³/mol. The van der Waals surface area contributed by atoms with Gasteiger partial charge in [-0.15, -0.1) is 0 Å². The zero-order chi connectivity index (χ0) is 13.0. The van der Waals surface area contributed by atoms with Crippen LogP contribution in [0, 0.1) is 5.92 Å². The number of aliphatic hydroxyl groups excluding tert-OH is 1. The van der Waals surface area contributed by atoms with E-state index in [4.69, 9.17) is 4.74 Å². The first-order chi connectivity index (χ1) is 8.70. The number of aromatic nitrogens is 1. The van der Waals surface area contributed by atoms with E-state index >= 15 is 0 Å². The van der Waals surface area contributed by atoms with Crippen LogP contribution in [0.2, 0.25) is 0 Å². The summed E-state index contributed by atoms with van der Waals surface area (Å²) in [4.78, 5) is 6.73. The van der Waals surface area contributed by atoms with Gasteiger partial charge < -0.3 is 14.7 Å². The van der Waals surface area contributed by atoms with Gasteiger partial charge in [-0.2, -0.15) is 0 Å². The molecule has 1 fully saturated rings. The molecule has 1 aromatic heterocycles. The van der Waals surface area contributed by atoms with Crippen LogP contribution in [-0.2, 0) is 4.74 Å². The van der Waals surface area contributed by atoms with Crippen LogP contribution >= 0.6 is 0 Å². The first-order valence-electron chi connectivity index (χ1n) is 6.58. The molecule has 0 aromatic carbocycles. The Labute approximate surface area is 109 Å². The molecular weight excluding hydrogens is 228 g/mol. The van der Waals surface area contributed by atoms with E-state index < -0.39 is 6.10 Å². The Bertz CT molecular complexity index is 357. The summed E-state index contributed by atoms with van der Waals surface area (Å²) in [5.74, 6) is 1.69. The molecule has 1 saturated heterocycles. The van der Waals surface area contributed by atoms with Crippen LogP contribution < -0.4 is 4.90 Å². The molecule has 1 unspecified atom stereocenters. The lowest BCUT2D eigenvalue weighted by Gasteiger charge is -2.32. The summed E-state index contributed by atoms with van der Waals surface area (Å²) in [6.45, 7) is 4.69. The Kier molecular flexibility index (Phi) is 4.55. The number of hydrogen-bond acceptors (Lipinski definition) is 4. The van der Waals surface area contributed by atoms with Gasteiger partial charge in [0.15, 0.2) is 0 Å². The minimum atomic E-state index is -0.445. The van der Waals surface area contributed by atoms with Gasteiger partial charge in [-0.25, -0.2) is 4.98 Å². The van der Waals surface area contributed by atoms with E-state index in [1.54, 1.807) is 20.2 Å². The maximum absolute atomic E-state index is 9.45. The van der Waals surface area contributed by atoms with Crippen LogP contribution in [0.4, 0.5) is 5.82 Å². The molecule has 1 aromatic rings. The number of pyridine rings is 1. The third-order valence-corrected chi connectivity index (χ3v) is 3.59. The number of nitrogens with zero attached hydrogens (tertiary/aromatic N) is 2. The average molecular weight is 250 g/mol. The summed E-state index contributed by atoms with van der Waals surface area (Å²) in [5, 5.41) is 9.45. The molecule has 1 N–H and O–H groups in total. The smallest absolute Gasteiger partial charge is 0.128 e. The van der Waals surface area contributed by atoms with Crippen molar-refractivity contribution in [3.8, 4) is 0 Å². The second-order valence-electron chi connectivity index (χ2n) is 5.01. The quantitative estimate of drug-likeness (QED) is 0.887. The van der Waals surface area contributed by atoms with E-state index in [1.807, 2.05) is 12.1 Å². The summed E-state index contributed by atoms with van der Waals surface area (Å²) < 4.78 is 5.20. The predicted octanol–water partition coefficient (Wildman–Crippen LogP) is 2.00. The molecule has 100 valence electrons. The molecule has 1 atom stereocenters. The molecule has 0 aliphatic carbocycles. The zero-order valence-corrected chi connectivity index (χ0v) is 11.2. The largest absolute Gasteiger partial charge is 0.389 e. The number of aliphatic hydroxyl groups is 1. The van der Waals surface area contributed by atoms with Crippen LogP contribution in [0.5, 0.6) is 0 Å². The van der Waals surface area contributed by atoms with E-state index in [0.717, 1.165) is 43.9 Å². The van der Waals surface area contributed by atoms with Gasteiger partial charge in [-0.05, 0) is 37.3 Å². The van der Waals surface area contributed by atoms with E-state index in [-0.39, 0.29) is 0 Å². The number of piperidine rings is 1. The number of rotatable bonds is 4.